The molecule has 10 heavy (non-hydrogen) atoms. The molecule has 0 aliphatic heterocycles. The summed E-state index contributed by atoms with van der Waals surface area (Å²) in [4.78, 5) is 20.2. The van der Waals surface area contributed by atoms with Gasteiger partial charge in [0.05, 0.1) is 0 Å². The third kappa shape index (κ3) is 2.32. The predicted molar refractivity (Wildman–Crippen MR) is 37.4 cm³/mol. The number of halogens is 2. The van der Waals surface area contributed by atoms with Crippen molar-refractivity contribution in [1.82, 2.24) is 0 Å². The van der Waals surface area contributed by atoms with Crippen molar-refractivity contribution < 1.29 is 18.4 Å². The molecule has 0 spiro atoms. The van der Waals surface area contributed by atoms with Crippen molar-refractivity contribution in [3.63, 3.8) is 0 Å². The van der Waals surface area contributed by atoms with Crippen molar-refractivity contribution in [2.45, 2.75) is 0 Å². The molecule has 0 aromatic carbocycles. The Kier molecular flexibility index (Phi) is 3.31. The average molecular weight is 182 g/mol. The molecule has 0 rings (SSSR count). The van der Waals surface area contributed by atoms with Gasteiger partial charge in [0.25, 0.3) is 11.6 Å². The van der Waals surface area contributed by atoms with Crippen molar-refractivity contribution in [2.75, 3.05) is 0 Å². The number of Topliss-reactive ketones (excluding diaryl/α,β-unsaturated/α-hetero) is 2. The molecule has 0 aliphatic rings. The standard InChI is InChI=1S/C4F2O2S2/c5-3(9)1(7)2(8)4(6)10. The molecule has 0 saturated heterocycles. The highest BCUT2D eigenvalue weighted by atomic mass is 32.1. The van der Waals surface area contributed by atoms with Gasteiger partial charge < -0.3 is 0 Å². The lowest BCUT2D eigenvalue weighted by Gasteiger charge is -1.86. The zero-order chi connectivity index (χ0) is 8.31. The van der Waals surface area contributed by atoms with E-state index in [1.807, 2.05) is 0 Å². The molecule has 0 aliphatic carbocycles. The van der Waals surface area contributed by atoms with Crippen LogP contribution >= 0.6 is 24.4 Å². The summed E-state index contributed by atoms with van der Waals surface area (Å²) in [5.41, 5.74) is 0. The van der Waals surface area contributed by atoms with E-state index in [0.717, 1.165) is 0 Å². The lowest BCUT2D eigenvalue weighted by Crippen LogP contribution is -2.23. The van der Waals surface area contributed by atoms with E-state index in [4.69, 9.17) is 0 Å². The summed E-state index contributed by atoms with van der Waals surface area (Å²) >= 11 is 7.30. The molecule has 2 nitrogen and oxygen atoms in total. The lowest BCUT2D eigenvalue weighted by atomic mass is 10.3. The number of rotatable bonds is 3. The summed E-state index contributed by atoms with van der Waals surface area (Å²) in [5.74, 6) is -3.41. The van der Waals surface area contributed by atoms with Crippen molar-refractivity contribution in [2.24, 2.45) is 0 Å². The van der Waals surface area contributed by atoms with Gasteiger partial charge in [0.1, 0.15) is 0 Å². The maximum absolute atomic E-state index is 11.6. The van der Waals surface area contributed by atoms with Crippen molar-refractivity contribution in [3.05, 3.63) is 0 Å². The molecule has 0 N–H and O–H groups in total. The van der Waals surface area contributed by atoms with Crippen LogP contribution in [0, 0.1) is 0 Å². The van der Waals surface area contributed by atoms with Crippen LogP contribution in [-0.2, 0) is 9.59 Å². The quantitative estimate of drug-likeness (QED) is 0.366. The summed E-state index contributed by atoms with van der Waals surface area (Å²) in [6.07, 6.45) is 0. The smallest absolute Gasteiger partial charge is 0.276 e. The molecule has 0 aromatic rings. The van der Waals surface area contributed by atoms with E-state index >= 15 is 0 Å². The van der Waals surface area contributed by atoms with E-state index in [2.05, 4.69) is 24.4 Å². The Balaban J connectivity index is 4.39. The maximum Gasteiger partial charge on any atom is 0.276 e. The largest absolute Gasteiger partial charge is 0.281 e. The van der Waals surface area contributed by atoms with Gasteiger partial charge in [-0.2, -0.15) is 8.78 Å². The predicted octanol–water partition coefficient (Wildman–Crippen LogP) is 0.718. The van der Waals surface area contributed by atoms with E-state index in [9.17, 15) is 18.4 Å². The van der Waals surface area contributed by atoms with Gasteiger partial charge in [0, 0.05) is 0 Å². The summed E-state index contributed by atoms with van der Waals surface area (Å²) in [6.45, 7) is 0. The molecule has 0 radical (unpaired) electrons. The summed E-state index contributed by atoms with van der Waals surface area (Å²) in [5, 5.41) is -3.35. The highest BCUT2D eigenvalue weighted by Gasteiger charge is 2.22. The van der Waals surface area contributed by atoms with Crippen LogP contribution in [0.25, 0.3) is 0 Å². The zero-order valence-electron chi connectivity index (χ0n) is 4.39. The first-order chi connectivity index (χ1) is 4.46. The Morgan fingerprint density at radius 1 is 0.900 bits per heavy atom. The molecule has 6 heteroatoms. The number of ketones is 2. The molecule has 0 fully saturated rings. The second kappa shape index (κ2) is 3.52. The molecular formula is C4F2O2S2. The van der Waals surface area contributed by atoms with Gasteiger partial charge in [-0.1, -0.05) is 0 Å². The molecule has 0 heterocycles. The van der Waals surface area contributed by atoms with Crippen LogP contribution < -0.4 is 0 Å². The Bertz CT molecular complexity index is 199. The van der Waals surface area contributed by atoms with Gasteiger partial charge in [-0.15, -0.1) is 0 Å². The van der Waals surface area contributed by atoms with Crippen LogP contribution in [-0.4, -0.2) is 21.8 Å². The van der Waals surface area contributed by atoms with Crippen molar-refractivity contribution in [3.8, 4) is 0 Å². The SMILES string of the molecule is O=C(C(=O)C(F)=S)C(F)=S. The second-order valence-corrected chi connectivity index (χ2v) is 1.92. The highest BCUT2D eigenvalue weighted by Crippen LogP contribution is 1.89. The molecule has 54 valence electrons. The fourth-order valence-corrected chi connectivity index (χ4v) is 0.364. The minimum Gasteiger partial charge on any atom is -0.281 e. The van der Waals surface area contributed by atoms with Gasteiger partial charge in [0.2, 0.25) is 10.2 Å². The van der Waals surface area contributed by atoms with E-state index in [0.29, 0.717) is 0 Å². The van der Waals surface area contributed by atoms with Crippen LogP contribution in [0.3, 0.4) is 0 Å². The van der Waals surface area contributed by atoms with Crippen molar-refractivity contribution >= 4 is 46.2 Å². The summed E-state index contributed by atoms with van der Waals surface area (Å²) in [7, 11) is 0. The summed E-state index contributed by atoms with van der Waals surface area (Å²) < 4.78 is 23.3. The van der Waals surface area contributed by atoms with Gasteiger partial charge in [-0.25, -0.2) is 0 Å². The number of carbonyl (C=O) groups is 2. The van der Waals surface area contributed by atoms with Gasteiger partial charge in [0.15, 0.2) is 0 Å². The Morgan fingerprint density at radius 3 is 1.20 bits per heavy atom. The Morgan fingerprint density at radius 2 is 1.10 bits per heavy atom. The molecule has 0 unspecified atom stereocenters. The number of hydrogen-bond donors (Lipinski definition) is 0. The van der Waals surface area contributed by atoms with Crippen LogP contribution in [0.15, 0.2) is 0 Å². The molecule has 0 amide bonds. The molecule has 0 saturated carbocycles. The second-order valence-electron chi connectivity index (χ2n) is 1.21. The first kappa shape index (κ1) is 9.38. The third-order valence-corrected chi connectivity index (χ3v) is 0.934. The fraction of sp³-hybridized carbons (Fsp3) is 0. The minimum absolute atomic E-state index is 1.68. The minimum atomic E-state index is -1.71. The normalized spacial score (nSPS) is 8.60. The van der Waals surface area contributed by atoms with E-state index < -0.39 is 21.8 Å². The third-order valence-electron chi connectivity index (χ3n) is 0.563. The molecule has 0 atom stereocenters. The number of hydrogen-bond acceptors (Lipinski definition) is 4. The zero-order valence-corrected chi connectivity index (χ0v) is 6.02. The van der Waals surface area contributed by atoms with Gasteiger partial charge >= 0.3 is 0 Å². The van der Waals surface area contributed by atoms with Gasteiger partial charge in [-0.05, 0) is 24.4 Å². The first-order valence-corrected chi connectivity index (χ1v) is 2.76. The van der Waals surface area contributed by atoms with E-state index in [-0.39, 0.29) is 0 Å². The Labute approximate surface area is 65.2 Å². The monoisotopic (exact) mass is 182 g/mol. The van der Waals surface area contributed by atoms with Crippen LogP contribution in [0.2, 0.25) is 0 Å². The summed E-state index contributed by atoms with van der Waals surface area (Å²) in [6, 6.07) is 0. The lowest BCUT2D eigenvalue weighted by molar-refractivity contribution is -0.129. The number of carbonyl (C=O) groups excluding carboxylic acids is 2. The highest BCUT2D eigenvalue weighted by molar-refractivity contribution is 7.83. The van der Waals surface area contributed by atoms with E-state index in [1.54, 1.807) is 0 Å². The number of thiocarbonyl (C=S) groups is 2. The molecule has 0 aromatic heterocycles. The average Bonchev–Trinajstić information content (AvgIpc) is 1.84. The molecular weight excluding hydrogens is 182 g/mol. The van der Waals surface area contributed by atoms with E-state index in [1.165, 1.54) is 0 Å². The van der Waals surface area contributed by atoms with Crippen LogP contribution in [0.5, 0.6) is 0 Å². The van der Waals surface area contributed by atoms with Crippen LogP contribution in [0.1, 0.15) is 0 Å². The fourth-order valence-electron chi connectivity index (χ4n) is 0.179. The van der Waals surface area contributed by atoms with Crippen molar-refractivity contribution in [1.29, 1.82) is 0 Å². The molecule has 0 bridgehead atoms. The maximum atomic E-state index is 11.6. The van der Waals surface area contributed by atoms with Crippen LogP contribution in [0.4, 0.5) is 8.78 Å². The first-order valence-electron chi connectivity index (χ1n) is 1.94. The topological polar surface area (TPSA) is 34.1 Å². The Hall–Kier alpha value is -0.620. The van der Waals surface area contributed by atoms with Gasteiger partial charge in [-0.3, -0.25) is 9.59 Å².